The third-order valence-corrected chi connectivity index (χ3v) is 3.65. The number of nitrogens with zero attached hydrogens (tertiary/aromatic N) is 1. The van der Waals surface area contributed by atoms with Crippen LogP contribution in [0.25, 0.3) is 0 Å². The molecule has 0 aromatic carbocycles. The van der Waals surface area contributed by atoms with E-state index < -0.39 is 0 Å². The van der Waals surface area contributed by atoms with Crippen molar-refractivity contribution in [2.45, 2.75) is 64.3 Å². The average Bonchev–Trinajstić information content (AvgIpc) is 2.37. The van der Waals surface area contributed by atoms with Crippen molar-refractivity contribution in [2.24, 2.45) is 0 Å². The lowest BCUT2D eigenvalue weighted by Gasteiger charge is -2.26. The number of rotatable bonds is 7. The second-order valence-electron chi connectivity index (χ2n) is 5.21. The molecular weight excluding hydrogens is 212 g/mol. The van der Waals surface area contributed by atoms with Crippen LogP contribution in [-0.4, -0.2) is 37.0 Å². The molecule has 0 aliphatic carbocycles. The molecule has 0 spiro atoms. The van der Waals surface area contributed by atoms with E-state index in [1.54, 1.807) is 0 Å². The van der Waals surface area contributed by atoms with Crippen LogP contribution in [0.1, 0.15) is 58.3 Å². The molecule has 1 aliphatic heterocycles. The van der Waals surface area contributed by atoms with Gasteiger partial charge in [-0.15, -0.1) is 0 Å². The highest BCUT2D eigenvalue weighted by Crippen LogP contribution is 2.11. The minimum Gasteiger partial charge on any atom is -0.346 e. The van der Waals surface area contributed by atoms with Crippen LogP contribution in [-0.2, 0) is 4.79 Å². The van der Waals surface area contributed by atoms with Crippen molar-refractivity contribution in [3.63, 3.8) is 0 Å². The van der Waals surface area contributed by atoms with E-state index in [2.05, 4.69) is 12.2 Å². The van der Waals surface area contributed by atoms with Gasteiger partial charge in [-0.05, 0) is 32.2 Å². The van der Waals surface area contributed by atoms with Crippen LogP contribution in [0.4, 0.5) is 0 Å². The van der Waals surface area contributed by atoms with Crippen molar-refractivity contribution in [3.05, 3.63) is 0 Å². The van der Waals surface area contributed by atoms with E-state index in [1.807, 2.05) is 11.9 Å². The number of hydrogen-bond donors (Lipinski definition) is 1. The number of nitrogens with one attached hydrogen (secondary N) is 1. The third kappa shape index (κ3) is 6.06. The molecule has 100 valence electrons. The number of carbonyl (C=O) groups excluding carboxylic acids is 1. The summed E-state index contributed by atoms with van der Waals surface area (Å²) in [6, 6.07) is 0.634. The zero-order chi connectivity index (χ0) is 12.5. The lowest BCUT2D eigenvalue weighted by Crippen LogP contribution is -2.38. The van der Waals surface area contributed by atoms with Gasteiger partial charge in [0.1, 0.15) is 0 Å². The first-order chi connectivity index (χ1) is 8.24. The molecule has 0 aromatic rings. The van der Waals surface area contributed by atoms with Crippen LogP contribution in [0.5, 0.6) is 0 Å². The molecule has 0 radical (unpaired) electrons. The Balaban J connectivity index is 2.10. The Morgan fingerprint density at radius 3 is 2.82 bits per heavy atom. The Kier molecular flexibility index (Phi) is 7.25. The van der Waals surface area contributed by atoms with Crippen LogP contribution in [0.15, 0.2) is 0 Å². The first-order valence-electron chi connectivity index (χ1n) is 7.21. The van der Waals surface area contributed by atoms with Crippen LogP contribution < -0.4 is 5.32 Å². The summed E-state index contributed by atoms with van der Waals surface area (Å²) < 4.78 is 0. The highest BCUT2D eigenvalue weighted by molar-refractivity contribution is 5.75. The summed E-state index contributed by atoms with van der Waals surface area (Å²) in [7, 11) is 1.94. The minimum absolute atomic E-state index is 0.314. The van der Waals surface area contributed by atoms with Gasteiger partial charge in [0, 0.05) is 26.1 Å². The molecule has 1 saturated heterocycles. The quantitative estimate of drug-likeness (QED) is 0.694. The summed E-state index contributed by atoms with van der Waals surface area (Å²) in [4.78, 5) is 13.7. The van der Waals surface area contributed by atoms with Crippen molar-refractivity contribution in [3.8, 4) is 0 Å². The third-order valence-electron chi connectivity index (χ3n) is 3.65. The fourth-order valence-electron chi connectivity index (χ4n) is 2.36. The summed E-state index contributed by atoms with van der Waals surface area (Å²) in [5.74, 6) is 0.314. The summed E-state index contributed by atoms with van der Waals surface area (Å²) >= 11 is 0. The molecule has 1 rings (SSSR count). The highest BCUT2D eigenvalue weighted by Gasteiger charge is 2.14. The van der Waals surface area contributed by atoms with Crippen molar-refractivity contribution >= 4 is 5.91 Å². The lowest BCUT2D eigenvalue weighted by molar-refractivity contribution is -0.130. The Labute approximate surface area is 106 Å². The summed E-state index contributed by atoms with van der Waals surface area (Å²) in [5.41, 5.74) is 0. The van der Waals surface area contributed by atoms with Gasteiger partial charge < -0.3 is 10.2 Å². The predicted octanol–water partition coefficient (Wildman–Crippen LogP) is 2.56. The van der Waals surface area contributed by atoms with Crippen LogP contribution >= 0.6 is 0 Å². The fourth-order valence-corrected chi connectivity index (χ4v) is 2.36. The zero-order valence-electron chi connectivity index (χ0n) is 11.5. The van der Waals surface area contributed by atoms with Gasteiger partial charge in [0.2, 0.25) is 5.91 Å². The molecule has 3 nitrogen and oxygen atoms in total. The van der Waals surface area contributed by atoms with Gasteiger partial charge in [-0.25, -0.2) is 0 Å². The van der Waals surface area contributed by atoms with Crippen molar-refractivity contribution in [1.82, 2.24) is 10.2 Å². The monoisotopic (exact) mass is 240 g/mol. The SMILES string of the molecule is CCCCCC(=O)N(C)CCC1CCCCN1. The first kappa shape index (κ1) is 14.5. The number of amides is 1. The summed E-state index contributed by atoms with van der Waals surface area (Å²) in [6.07, 6.45) is 9.15. The molecular formula is C14H28N2O. The van der Waals surface area contributed by atoms with Gasteiger partial charge in [-0.2, -0.15) is 0 Å². The van der Waals surface area contributed by atoms with Gasteiger partial charge in [-0.1, -0.05) is 26.2 Å². The van der Waals surface area contributed by atoms with Crippen LogP contribution in [0.2, 0.25) is 0 Å². The number of unbranched alkanes of at least 4 members (excludes halogenated alkanes) is 2. The van der Waals surface area contributed by atoms with E-state index in [0.717, 1.165) is 32.4 Å². The Hall–Kier alpha value is -0.570. The molecule has 1 N–H and O–H groups in total. The van der Waals surface area contributed by atoms with Gasteiger partial charge in [0.25, 0.3) is 0 Å². The minimum atomic E-state index is 0.314. The second kappa shape index (κ2) is 8.51. The second-order valence-corrected chi connectivity index (χ2v) is 5.21. The van der Waals surface area contributed by atoms with Gasteiger partial charge >= 0.3 is 0 Å². The normalized spacial score (nSPS) is 20.2. The average molecular weight is 240 g/mol. The maximum atomic E-state index is 11.8. The smallest absolute Gasteiger partial charge is 0.222 e. The molecule has 1 aliphatic rings. The molecule has 17 heavy (non-hydrogen) atoms. The molecule has 1 heterocycles. The summed E-state index contributed by atoms with van der Waals surface area (Å²) in [6.45, 7) is 4.23. The van der Waals surface area contributed by atoms with E-state index in [1.165, 1.54) is 32.1 Å². The zero-order valence-corrected chi connectivity index (χ0v) is 11.5. The Bertz CT molecular complexity index is 212. The lowest BCUT2D eigenvalue weighted by atomic mass is 10.0. The van der Waals surface area contributed by atoms with E-state index in [9.17, 15) is 4.79 Å². The first-order valence-corrected chi connectivity index (χ1v) is 7.21. The standard InChI is InChI=1S/C14H28N2O/c1-3-4-5-9-14(17)16(2)12-10-13-8-6-7-11-15-13/h13,15H,3-12H2,1-2H3. The van der Waals surface area contributed by atoms with Crippen molar-refractivity contribution < 1.29 is 4.79 Å². The van der Waals surface area contributed by atoms with Gasteiger partial charge in [-0.3, -0.25) is 4.79 Å². The summed E-state index contributed by atoms with van der Waals surface area (Å²) in [5, 5.41) is 3.53. The Morgan fingerprint density at radius 1 is 1.35 bits per heavy atom. The fraction of sp³-hybridized carbons (Fsp3) is 0.929. The van der Waals surface area contributed by atoms with E-state index in [-0.39, 0.29) is 0 Å². The topological polar surface area (TPSA) is 32.3 Å². The van der Waals surface area contributed by atoms with Crippen LogP contribution in [0, 0.1) is 0 Å². The van der Waals surface area contributed by atoms with E-state index >= 15 is 0 Å². The molecule has 1 unspecified atom stereocenters. The van der Waals surface area contributed by atoms with Gasteiger partial charge in [0.15, 0.2) is 0 Å². The van der Waals surface area contributed by atoms with Crippen LogP contribution in [0.3, 0.4) is 0 Å². The van der Waals surface area contributed by atoms with E-state index in [0.29, 0.717) is 11.9 Å². The van der Waals surface area contributed by atoms with Gasteiger partial charge in [0.05, 0.1) is 0 Å². The maximum absolute atomic E-state index is 11.8. The maximum Gasteiger partial charge on any atom is 0.222 e. The Morgan fingerprint density at radius 2 is 2.18 bits per heavy atom. The number of carbonyl (C=O) groups is 1. The highest BCUT2D eigenvalue weighted by atomic mass is 16.2. The largest absolute Gasteiger partial charge is 0.346 e. The number of hydrogen-bond acceptors (Lipinski definition) is 2. The van der Waals surface area contributed by atoms with Crippen molar-refractivity contribution in [2.75, 3.05) is 20.1 Å². The van der Waals surface area contributed by atoms with Crippen molar-refractivity contribution in [1.29, 1.82) is 0 Å². The molecule has 0 aromatic heterocycles. The molecule has 1 amide bonds. The molecule has 3 heteroatoms. The molecule has 1 atom stereocenters. The molecule has 1 fully saturated rings. The number of piperidine rings is 1. The van der Waals surface area contributed by atoms with E-state index in [4.69, 9.17) is 0 Å². The molecule has 0 saturated carbocycles. The molecule has 0 bridgehead atoms. The predicted molar refractivity (Wildman–Crippen MR) is 72.0 cm³/mol.